The highest BCUT2D eigenvalue weighted by atomic mass is 16.5. The summed E-state index contributed by atoms with van der Waals surface area (Å²) < 4.78 is 6.35. The molecule has 1 N–H and O–H groups in total. The molecule has 0 aromatic heterocycles. The van der Waals surface area contributed by atoms with E-state index >= 15 is 0 Å². The fourth-order valence-electron chi connectivity index (χ4n) is 4.51. The zero-order valence-electron chi connectivity index (χ0n) is 11.3. The Kier molecular flexibility index (Phi) is 2.59. The molecule has 1 aliphatic carbocycles. The molecule has 2 bridgehead atoms. The summed E-state index contributed by atoms with van der Waals surface area (Å²) in [4.78, 5) is 2.46. The molecule has 3 aliphatic heterocycles. The summed E-state index contributed by atoms with van der Waals surface area (Å²) in [6.45, 7) is 8.75. The van der Waals surface area contributed by atoms with Crippen LogP contribution in [0.3, 0.4) is 0 Å². The second-order valence-corrected chi connectivity index (χ2v) is 6.84. The van der Waals surface area contributed by atoms with E-state index in [2.05, 4.69) is 25.7 Å². The molecule has 3 saturated heterocycles. The zero-order chi connectivity index (χ0) is 12.3. The number of aliphatic hydroxyl groups excluding tert-OH is 1. The van der Waals surface area contributed by atoms with Crippen molar-refractivity contribution in [3.05, 3.63) is 0 Å². The Morgan fingerprint density at radius 1 is 1.18 bits per heavy atom. The summed E-state index contributed by atoms with van der Waals surface area (Å²) in [5.74, 6) is 0.301. The Labute approximate surface area is 104 Å². The van der Waals surface area contributed by atoms with Crippen molar-refractivity contribution in [3.8, 4) is 0 Å². The number of ether oxygens (including phenoxy) is 1. The normalized spacial score (nSPS) is 49.8. The Bertz CT molecular complexity index is 311. The first-order valence-electron chi connectivity index (χ1n) is 7.06. The molecule has 17 heavy (non-hydrogen) atoms. The average Bonchev–Trinajstić information content (AvgIpc) is 2.67. The van der Waals surface area contributed by atoms with E-state index in [0.29, 0.717) is 5.92 Å². The molecule has 4 aliphatic rings. The molecule has 4 unspecified atom stereocenters. The minimum atomic E-state index is -0.212. The van der Waals surface area contributed by atoms with Crippen LogP contribution >= 0.6 is 0 Å². The van der Waals surface area contributed by atoms with Crippen LogP contribution in [-0.2, 0) is 4.74 Å². The maximum atomic E-state index is 10.7. The second kappa shape index (κ2) is 3.69. The lowest BCUT2D eigenvalue weighted by Crippen LogP contribution is -2.72. The van der Waals surface area contributed by atoms with E-state index in [-0.39, 0.29) is 23.3 Å². The topological polar surface area (TPSA) is 32.7 Å². The van der Waals surface area contributed by atoms with Gasteiger partial charge in [0, 0.05) is 5.92 Å². The van der Waals surface area contributed by atoms with Gasteiger partial charge in [0.2, 0.25) is 0 Å². The van der Waals surface area contributed by atoms with Gasteiger partial charge in [-0.25, -0.2) is 0 Å². The fourth-order valence-corrected chi connectivity index (χ4v) is 4.51. The highest BCUT2D eigenvalue weighted by molar-refractivity contribution is 5.11. The van der Waals surface area contributed by atoms with Crippen LogP contribution in [0.15, 0.2) is 0 Å². The summed E-state index contributed by atoms with van der Waals surface area (Å²) in [6.07, 6.45) is 4.53. The minimum Gasteiger partial charge on any atom is -0.391 e. The summed E-state index contributed by atoms with van der Waals surface area (Å²) in [5.41, 5.74) is -0.315. The molecule has 4 atom stereocenters. The van der Waals surface area contributed by atoms with E-state index < -0.39 is 0 Å². The Morgan fingerprint density at radius 3 is 2.35 bits per heavy atom. The smallest absolute Gasteiger partial charge is 0.0841 e. The number of fused-ring (bicyclic) bond motifs is 3. The maximum Gasteiger partial charge on any atom is 0.0841 e. The third kappa shape index (κ3) is 1.66. The lowest BCUT2D eigenvalue weighted by molar-refractivity contribution is -0.294. The minimum absolute atomic E-state index is 0.151. The van der Waals surface area contributed by atoms with Crippen molar-refractivity contribution in [2.45, 2.75) is 69.8 Å². The van der Waals surface area contributed by atoms with Crippen LogP contribution in [0.5, 0.6) is 0 Å². The first kappa shape index (κ1) is 11.9. The van der Waals surface area contributed by atoms with Crippen molar-refractivity contribution in [2.24, 2.45) is 5.92 Å². The van der Waals surface area contributed by atoms with Crippen molar-refractivity contribution in [2.75, 3.05) is 13.1 Å². The SMILES string of the molecule is CC1(C)OC2(C)CCC1C(O)C2N1CCCC1. The summed E-state index contributed by atoms with van der Waals surface area (Å²) in [5, 5.41) is 10.7. The van der Waals surface area contributed by atoms with E-state index in [9.17, 15) is 5.11 Å². The average molecular weight is 239 g/mol. The van der Waals surface area contributed by atoms with Crippen LogP contribution < -0.4 is 0 Å². The van der Waals surface area contributed by atoms with Crippen molar-refractivity contribution in [3.63, 3.8) is 0 Å². The van der Waals surface area contributed by atoms with Crippen molar-refractivity contribution in [1.82, 2.24) is 4.90 Å². The van der Waals surface area contributed by atoms with Gasteiger partial charge in [0.05, 0.1) is 23.3 Å². The van der Waals surface area contributed by atoms with E-state index in [1.54, 1.807) is 0 Å². The maximum absolute atomic E-state index is 10.7. The van der Waals surface area contributed by atoms with Gasteiger partial charge in [-0.15, -0.1) is 0 Å². The van der Waals surface area contributed by atoms with E-state index in [1.165, 1.54) is 12.8 Å². The highest BCUT2D eigenvalue weighted by Gasteiger charge is 2.60. The van der Waals surface area contributed by atoms with Crippen LogP contribution in [0, 0.1) is 5.92 Å². The molecule has 98 valence electrons. The van der Waals surface area contributed by atoms with Gasteiger partial charge >= 0.3 is 0 Å². The summed E-state index contributed by atoms with van der Waals surface area (Å²) in [6, 6.07) is 0.219. The third-order valence-electron chi connectivity index (χ3n) is 5.24. The molecule has 0 spiro atoms. The van der Waals surface area contributed by atoms with Crippen LogP contribution in [0.4, 0.5) is 0 Å². The quantitative estimate of drug-likeness (QED) is 0.757. The number of rotatable bonds is 1. The number of hydrogen-bond donors (Lipinski definition) is 1. The Hall–Kier alpha value is -0.120. The first-order chi connectivity index (χ1) is 7.94. The molecule has 0 radical (unpaired) electrons. The lowest BCUT2D eigenvalue weighted by Gasteiger charge is -2.61. The molecular weight excluding hydrogens is 214 g/mol. The molecule has 4 rings (SSSR count). The predicted molar refractivity (Wildman–Crippen MR) is 66.9 cm³/mol. The monoisotopic (exact) mass is 239 g/mol. The molecule has 3 heterocycles. The highest BCUT2D eigenvalue weighted by Crippen LogP contribution is 2.51. The van der Waals surface area contributed by atoms with Crippen molar-refractivity contribution in [1.29, 1.82) is 0 Å². The molecule has 1 saturated carbocycles. The van der Waals surface area contributed by atoms with Gasteiger partial charge in [-0.1, -0.05) is 0 Å². The zero-order valence-corrected chi connectivity index (χ0v) is 11.3. The molecule has 3 nitrogen and oxygen atoms in total. The van der Waals surface area contributed by atoms with E-state index in [0.717, 1.165) is 25.9 Å². The number of aliphatic hydroxyl groups is 1. The molecule has 0 aromatic carbocycles. The Morgan fingerprint density at radius 2 is 1.82 bits per heavy atom. The number of nitrogens with zero attached hydrogens (tertiary/aromatic N) is 1. The van der Waals surface area contributed by atoms with Gasteiger partial charge in [0.1, 0.15) is 0 Å². The largest absolute Gasteiger partial charge is 0.391 e. The fraction of sp³-hybridized carbons (Fsp3) is 1.00. The first-order valence-corrected chi connectivity index (χ1v) is 7.06. The summed E-state index contributed by atoms with van der Waals surface area (Å²) in [7, 11) is 0. The molecule has 0 amide bonds. The standard InChI is InChI=1S/C14H25NO2/c1-13(2)10-6-7-14(3,17-13)12(11(10)16)15-8-4-5-9-15/h10-12,16H,4-9H2,1-3H3. The molecular formula is C14H25NO2. The summed E-state index contributed by atoms with van der Waals surface area (Å²) >= 11 is 0. The van der Waals surface area contributed by atoms with Gasteiger partial charge in [-0.05, 0) is 59.5 Å². The van der Waals surface area contributed by atoms with E-state index in [4.69, 9.17) is 4.74 Å². The van der Waals surface area contributed by atoms with Gasteiger partial charge in [0.25, 0.3) is 0 Å². The van der Waals surface area contributed by atoms with Crippen LogP contribution in [-0.4, -0.2) is 46.4 Å². The van der Waals surface area contributed by atoms with Crippen LogP contribution in [0.1, 0.15) is 46.5 Å². The van der Waals surface area contributed by atoms with Crippen molar-refractivity contribution >= 4 is 0 Å². The molecule has 3 heteroatoms. The third-order valence-corrected chi connectivity index (χ3v) is 5.24. The van der Waals surface area contributed by atoms with Gasteiger partial charge in [-0.3, -0.25) is 4.90 Å². The van der Waals surface area contributed by atoms with Gasteiger partial charge in [-0.2, -0.15) is 0 Å². The van der Waals surface area contributed by atoms with E-state index in [1.807, 2.05) is 0 Å². The van der Waals surface area contributed by atoms with Gasteiger partial charge in [0.15, 0.2) is 0 Å². The van der Waals surface area contributed by atoms with Crippen LogP contribution in [0.2, 0.25) is 0 Å². The molecule has 0 aromatic rings. The number of hydrogen-bond acceptors (Lipinski definition) is 3. The van der Waals surface area contributed by atoms with Gasteiger partial charge < -0.3 is 9.84 Å². The van der Waals surface area contributed by atoms with Crippen molar-refractivity contribution < 1.29 is 9.84 Å². The molecule has 4 fully saturated rings. The lowest BCUT2D eigenvalue weighted by atomic mass is 9.64. The predicted octanol–water partition coefficient (Wildman–Crippen LogP) is 1.79. The number of likely N-dealkylation sites (tertiary alicyclic amines) is 1. The Balaban J connectivity index is 1.90. The second-order valence-electron chi connectivity index (χ2n) is 6.84. The van der Waals surface area contributed by atoms with Crippen LogP contribution in [0.25, 0.3) is 0 Å².